The summed E-state index contributed by atoms with van der Waals surface area (Å²) in [7, 11) is 0. The van der Waals surface area contributed by atoms with Crippen molar-refractivity contribution in [3.8, 4) is 18.2 Å². The molecule has 0 aliphatic carbocycles. The van der Waals surface area contributed by atoms with Gasteiger partial charge in [0, 0.05) is 6.08 Å². The Labute approximate surface area is 58.4 Å². The molecule has 0 heterocycles. The molecule has 0 saturated carbocycles. The molecule has 10 heavy (non-hydrogen) atoms. The van der Waals surface area contributed by atoms with Gasteiger partial charge in [-0.05, 0) is 0 Å². The third-order valence-corrected chi connectivity index (χ3v) is 0.823. The van der Waals surface area contributed by atoms with E-state index in [0.717, 1.165) is 6.08 Å². The van der Waals surface area contributed by atoms with Crippen LogP contribution in [-0.4, -0.2) is 0 Å². The fraction of sp³-hybridized carbons (Fsp3) is 0.167. The minimum absolute atomic E-state index is 0.00694. The van der Waals surface area contributed by atoms with Gasteiger partial charge in [0.05, 0.1) is 23.9 Å². The van der Waals surface area contributed by atoms with Crippen LogP contribution in [0.2, 0.25) is 0 Å². The zero-order valence-corrected chi connectivity index (χ0v) is 5.07. The predicted molar refractivity (Wildman–Crippen MR) is 32.6 cm³/mol. The zero-order chi connectivity index (χ0) is 7.98. The Kier molecular flexibility index (Phi) is 3.16. The normalized spacial score (nSPS) is 9.60. The Morgan fingerprint density at radius 3 is 2.10 bits per heavy atom. The molecule has 0 spiro atoms. The molecule has 0 amide bonds. The summed E-state index contributed by atoms with van der Waals surface area (Å²) in [6.45, 7) is 0. The Morgan fingerprint density at radius 2 is 1.80 bits per heavy atom. The SMILES string of the molecule is N#C/C=C(\N)C(C#N)C#N. The van der Waals surface area contributed by atoms with E-state index in [9.17, 15) is 0 Å². The van der Waals surface area contributed by atoms with E-state index in [4.69, 9.17) is 21.5 Å². The molecule has 0 fully saturated rings. The number of nitriles is 3. The molecule has 0 aliphatic rings. The lowest BCUT2D eigenvalue weighted by molar-refractivity contribution is 0.973. The van der Waals surface area contributed by atoms with Crippen LogP contribution < -0.4 is 5.73 Å². The molecule has 0 bridgehead atoms. The maximum Gasteiger partial charge on any atom is 0.173 e. The first-order valence-corrected chi connectivity index (χ1v) is 2.40. The molecule has 0 saturated heterocycles. The van der Waals surface area contributed by atoms with Crippen molar-refractivity contribution >= 4 is 0 Å². The minimum atomic E-state index is -1.00. The highest BCUT2D eigenvalue weighted by Crippen LogP contribution is 2.00. The fourth-order valence-electron chi connectivity index (χ4n) is 0.336. The first kappa shape index (κ1) is 8.01. The van der Waals surface area contributed by atoms with E-state index in [1.165, 1.54) is 0 Å². The highest BCUT2D eigenvalue weighted by atomic mass is 14.6. The van der Waals surface area contributed by atoms with Crippen molar-refractivity contribution in [3.05, 3.63) is 11.8 Å². The monoisotopic (exact) mass is 132 g/mol. The average Bonchev–Trinajstić information content (AvgIpc) is 1.91. The third kappa shape index (κ3) is 1.86. The van der Waals surface area contributed by atoms with Crippen LogP contribution in [0.15, 0.2) is 11.8 Å². The number of nitrogens with two attached hydrogens (primary N) is 1. The van der Waals surface area contributed by atoms with Gasteiger partial charge < -0.3 is 5.73 Å². The Bertz CT molecular complexity index is 243. The molecule has 0 aromatic rings. The van der Waals surface area contributed by atoms with E-state index >= 15 is 0 Å². The first-order chi connectivity index (χ1) is 4.76. The van der Waals surface area contributed by atoms with E-state index in [1.807, 2.05) is 0 Å². The molecule has 0 aromatic heterocycles. The van der Waals surface area contributed by atoms with Gasteiger partial charge in [-0.15, -0.1) is 0 Å². The highest BCUT2D eigenvalue weighted by molar-refractivity contribution is 5.24. The number of hydrogen-bond donors (Lipinski definition) is 1. The summed E-state index contributed by atoms with van der Waals surface area (Å²) in [5.41, 5.74) is 5.14. The Morgan fingerprint density at radius 1 is 1.30 bits per heavy atom. The first-order valence-electron chi connectivity index (χ1n) is 2.40. The van der Waals surface area contributed by atoms with Crippen molar-refractivity contribution < 1.29 is 0 Å². The molecule has 0 radical (unpaired) electrons. The van der Waals surface area contributed by atoms with Crippen LogP contribution in [0.3, 0.4) is 0 Å². The van der Waals surface area contributed by atoms with Crippen molar-refractivity contribution in [2.24, 2.45) is 11.7 Å². The molecule has 0 aromatic carbocycles. The van der Waals surface area contributed by atoms with Crippen LogP contribution in [0.4, 0.5) is 0 Å². The van der Waals surface area contributed by atoms with Gasteiger partial charge in [0.25, 0.3) is 0 Å². The highest BCUT2D eigenvalue weighted by Gasteiger charge is 2.06. The summed E-state index contributed by atoms with van der Waals surface area (Å²) < 4.78 is 0. The van der Waals surface area contributed by atoms with Crippen LogP contribution in [0.1, 0.15) is 0 Å². The molecular weight excluding hydrogens is 128 g/mol. The third-order valence-electron chi connectivity index (χ3n) is 0.823. The second-order valence-electron chi connectivity index (χ2n) is 1.46. The second kappa shape index (κ2) is 3.95. The van der Waals surface area contributed by atoms with Crippen LogP contribution in [0, 0.1) is 39.9 Å². The molecule has 0 rings (SSSR count). The summed E-state index contributed by atoms with van der Waals surface area (Å²) in [6, 6.07) is 4.89. The zero-order valence-electron chi connectivity index (χ0n) is 5.07. The van der Waals surface area contributed by atoms with E-state index in [1.54, 1.807) is 18.2 Å². The van der Waals surface area contributed by atoms with Crippen LogP contribution in [-0.2, 0) is 0 Å². The number of rotatable bonds is 1. The molecule has 4 nitrogen and oxygen atoms in total. The van der Waals surface area contributed by atoms with Crippen molar-refractivity contribution in [2.75, 3.05) is 0 Å². The largest absolute Gasteiger partial charge is 0.400 e. The van der Waals surface area contributed by atoms with Crippen molar-refractivity contribution in [1.29, 1.82) is 15.8 Å². The minimum Gasteiger partial charge on any atom is -0.400 e. The van der Waals surface area contributed by atoms with Gasteiger partial charge >= 0.3 is 0 Å². The average molecular weight is 132 g/mol. The quantitative estimate of drug-likeness (QED) is 0.508. The van der Waals surface area contributed by atoms with Gasteiger partial charge in [-0.1, -0.05) is 0 Å². The topological polar surface area (TPSA) is 97.4 Å². The van der Waals surface area contributed by atoms with Crippen molar-refractivity contribution in [3.63, 3.8) is 0 Å². The Balaban J connectivity index is 4.42. The maximum atomic E-state index is 8.22. The van der Waals surface area contributed by atoms with E-state index in [-0.39, 0.29) is 5.70 Å². The maximum absolute atomic E-state index is 8.22. The fourth-order valence-corrected chi connectivity index (χ4v) is 0.336. The molecule has 48 valence electrons. The number of allylic oxidation sites excluding steroid dienone is 2. The molecule has 0 atom stereocenters. The standard InChI is InChI=1S/C6H4N4/c7-2-1-6(10)5(3-8)4-9/h1,5H,10H2/b6-1-. The molecule has 2 N–H and O–H groups in total. The summed E-state index contributed by atoms with van der Waals surface area (Å²) in [4.78, 5) is 0. The number of hydrogen-bond acceptors (Lipinski definition) is 4. The van der Waals surface area contributed by atoms with Gasteiger partial charge in [0.15, 0.2) is 5.92 Å². The lowest BCUT2D eigenvalue weighted by atomic mass is 10.1. The van der Waals surface area contributed by atoms with Gasteiger partial charge in [-0.2, -0.15) is 15.8 Å². The number of nitrogens with zero attached hydrogens (tertiary/aromatic N) is 3. The Hall–Kier alpha value is -1.99. The van der Waals surface area contributed by atoms with E-state index in [0.29, 0.717) is 0 Å². The smallest absolute Gasteiger partial charge is 0.173 e. The second-order valence-corrected chi connectivity index (χ2v) is 1.46. The predicted octanol–water partition coefficient (Wildman–Crippen LogP) is 0.0159. The van der Waals surface area contributed by atoms with Crippen molar-refractivity contribution in [1.82, 2.24) is 0 Å². The molecule has 0 unspecified atom stereocenters. The van der Waals surface area contributed by atoms with Crippen molar-refractivity contribution in [2.45, 2.75) is 0 Å². The van der Waals surface area contributed by atoms with Crippen LogP contribution in [0.25, 0.3) is 0 Å². The molecule has 0 aliphatic heterocycles. The van der Waals surface area contributed by atoms with Gasteiger partial charge in [0.2, 0.25) is 0 Å². The van der Waals surface area contributed by atoms with E-state index in [2.05, 4.69) is 0 Å². The lowest BCUT2D eigenvalue weighted by Crippen LogP contribution is -2.07. The molecule has 4 heteroatoms. The molecular formula is C6H4N4. The van der Waals surface area contributed by atoms with Crippen LogP contribution >= 0.6 is 0 Å². The lowest BCUT2D eigenvalue weighted by Gasteiger charge is -1.93. The summed E-state index contributed by atoms with van der Waals surface area (Å²) >= 11 is 0. The summed E-state index contributed by atoms with van der Waals surface area (Å²) in [6.07, 6.45) is 0.983. The van der Waals surface area contributed by atoms with Gasteiger partial charge in [0.1, 0.15) is 0 Å². The summed E-state index contributed by atoms with van der Waals surface area (Å²) in [5, 5.41) is 24.5. The van der Waals surface area contributed by atoms with Crippen LogP contribution in [0.5, 0.6) is 0 Å². The van der Waals surface area contributed by atoms with Gasteiger partial charge in [-0.3, -0.25) is 0 Å². The van der Waals surface area contributed by atoms with E-state index < -0.39 is 5.92 Å². The summed E-state index contributed by atoms with van der Waals surface area (Å²) in [5.74, 6) is -1.00. The van der Waals surface area contributed by atoms with Gasteiger partial charge in [-0.25, -0.2) is 0 Å².